The SMILES string of the molecule is CCN(C/C(=N/OC)C(CCN1CCC(n2c(=O)n(C)c3ccccc32)CC1)c1ccc(Cl)c(Cl)c1)C(=O)c1cc(Cl)cc(Cl)c1. The Kier molecular flexibility index (Phi) is 11.4. The van der Waals surface area contributed by atoms with Gasteiger partial charge in [-0.25, -0.2) is 4.79 Å². The lowest BCUT2D eigenvalue weighted by Gasteiger charge is -2.34. The van der Waals surface area contributed by atoms with E-state index in [-0.39, 0.29) is 30.1 Å². The highest BCUT2D eigenvalue weighted by Gasteiger charge is 2.28. The second kappa shape index (κ2) is 15.3. The van der Waals surface area contributed by atoms with Crippen LogP contribution in [0.4, 0.5) is 0 Å². The van der Waals surface area contributed by atoms with E-state index in [1.807, 2.05) is 54.9 Å². The summed E-state index contributed by atoms with van der Waals surface area (Å²) in [6.07, 6.45) is 2.43. The standard InChI is InChI=1S/C34H37Cl4N5O3/c1-4-42(33(44)23-17-24(35)20-25(36)18-23)21-30(39-46-3)27(22-9-10-28(37)29(38)19-22)13-16-41-14-11-26(12-15-41)43-32-8-6-5-7-31(32)40(2)34(43)45/h5-10,17-20,26-27H,4,11-16,21H2,1-3H3/b39-30-. The molecule has 2 heterocycles. The highest BCUT2D eigenvalue weighted by atomic mass is 35.5. The normalized spacial score (nSPS) is 15.3. The lowest BCUT2D eigenvalue weighted by molar-refractivity contribution is 0.0784. The molecule has 1 aliphatic heterocycles. The summed E-state index contributed by atoms with van der Waals surface area (Å²) in [6, 6.07) is 18.5. The fourth-order valence-electron chi connectivity index (χ4n) is 6.34. The van der Waals surface area contributed by atoms with E-state index in [4.69, 9.17) is 51.2 Å². The minimum Gasteiger partial charge on any atom is -0.399 e. The van der Waals surface area contributed by atoms with Gasteiger partial charge in [-0.1, -0.05) is 69.8 Å². The average Bonchev–Trinajstić information content (AvgIpc) is 3.30. The molecule has 0 saturated carbocycles. The number of piperidine rings is 1. The molecule has 1 aromatic heterocycles. The van der Waals surface area contributed by atoms with Crippen LogP contribution in [0.5, 0.6) is 0 Å². The van der Waals surface area contributed by atoms with Gasteiger partial charge >= 0.3 is 5.69 Å². The van der Waals surface area contributed by atoms with Crippen LogP contribution in [0.15, 0.2) is 70.6 Å². The number of halogens is 4. The molecule has 0 bridgehead atoms. The smallest absolute Gasteiger partial charge is 0.329 e. The molecule has 8 nitrogen and oxygen atoms in total. The molecular formula is C34H37Cl4N5O3. The lowest BCUT2D eigenvalue weighted by atomic mass is 9.89. The Bertz CT molecular complexity index is 1780. The van der Waals surface area contributed by atoms with E-state index in [1.165, 1.54) is 7.11 Å². The number of amides is 1. The molecule has 1 amide bonds. The van der Waals surface area contributed by atoms with Crippen molar-refractivity contribution in [1.29, 1.82) is 0 Å². The Balaban J connectivity index is 1.34. The second-order valence-corrected chi connectivity index (χ2v) is 13.2. The van der Waals surface area contributed by atoms with E-state index in [9.17, 15) is 9.59 Å². The summed E-state index contributed by atoms with van der Waals surface area (Å²) in [6.45, 7) is 5.04. The molecule has 4 aromatic rings. The first-order valence-electron chi connectivity index (χ1n) is 15.3. The van der Waals surface area contributed by atoms with E-state index in [2.05, 4.69) is 10.1 Å². The lowest BCUT2D eigenvalue weighted by Crippen LogP contribution is -2.40. The summed E-state index contributed by atoms with van der Waals surface area (Å²) in [5.74, 6) is -0.424. The summed E-state index contributed by atoms with van der Waals surface area (Å²) >= 11 is 25.2. The van der Waals surface area contributed by atoms with Crippen LogP contribution in [0.1, 0.15) is 54.1 Å². The number of oxime groups is 1. The Morgan fingerprint density at radius 1 is 0.978 bits per heavy atom. The first-order valence-corrected chi connectivity index (χ1v) is 16.8. The molecule has 0 aliphatic carbocycles. The Morgan fingerprint density at radius 2 is 1.65 bits per heavy atom. The summed E-state index contributed by atoms with van der Waals surface area (Å²) in [5.41, 5.74) is 3.95. The summed E-state index contributed by atoms with van der Waals surface area (Å²) in [4.78, 5) is 36.2. The van der Waals surface area contributed by atoms with Gasteiger partial charge in [0.1, 0.15) is 7.11 Å². The molecule has 1 fully saturated rings. The quantitative estimate of drug-likeness (QED) is 0.117. The van der Waals surface area contributed by atoms with Gasteiger partial charge in [0.05, 0.1) is 33.3 Å². The Labute approximate surface area is 289 Å². The predicted molar refractivity (Wildman–Crippen MR) is 188 cm³/mol. The maximum atomic E-state index is 13.6. The molecule has 0 spiro atoms. The molecule has 1 aliphatic rings. The highest BCUT2D eigenvalue weighted by Crippen LogP contribution is 2.32. The minimum atomic E-state index is -0.214. The molecule has 0 radical (unpaired) electrons. The number of aromatic nitrogens is 2. The molecular weight excluding hydrogens is 668 g/mol. The van der Waals surface area contributed by atoms with Gasteiger partial charge in [-0.3, -0.25) is 13.9 Å². The van der Waals surface area contributed by atoms with Gasteiger partial charge in [0, 0.05) is 54.3 Å². The largest absolute Gasteiger partial charge is 0.399 e. The zero-order valence-electron chi connectivity index (χ0n) is 26.1. The number of para-hydroxylation sites is 2. The van der Waals surface area contributed by atoms with E-state index >= 15 is 0 Å². The van der Waals surface area contributed by atoms with E-state index in [1.54, 1.807) is 33.7 Å². The number of nitrogens with zero attached hydrogens (tertiary/aromatic N) is 5. The third-order valence-corrected chi connectivity index (χ3v) is 9.92. The van der Waals surface area contributed by atoms with Crippen molar-refractivity contribution in [1.82, 2.24) is 18.9 Å². The molecule has 1 unspecified atom stereocenters. The minimum absolute atomic E-state index is 0.0230. The van der Waals surface area contributed by atoms with Crippen LogP contribution in [0.25, 0.3) is 11.0 Å². The van der Waals surface area contributed by atoms with Gasteiger partial charge in [-0.2, -0.15) is 0 Å². The molecule has 46 heavy (non-hydrogen) atoms. The van der Waals surface area contributed by atoms with E-state index in [0.717, 1.165) is 49.1 Å². The van der Waals surface area contributed by atoms with Gasteiger partial charge in [0.25, 0.3) is 5.91 Å². The van der Waals surface area contributed by atoms with E-state index in [0.29, 0.717) is 44.3 Å². The van der Waals surface area contributed by atoms with E-state index < -0.39 is 0 Å². The van der Waals surface area contributed by atoms with Gasteiger partial charge < -0.3 is 14.6 Å². The van der Waals surface area contributed by atoms with Crippen LogP contribution in [-0.4, -0.2) is 70.4 Å². The fourth-order valence-corrected chi connectivity index (χ4v) is 7.17. The summed E-state index contributed by atoms with van der Waals surface area (Å²) in [7, 11) is 3.33. The number of imidazole rings is 1. The van der Waals surface area contributed by atoms with Crippen molar-refractivity contribution < 1.29 is 9.63 Å². The Morgan fingerprint density at radius 3 is 2.28 bits per heavy atom. The number of rotatable bonds is 11. The molecule has 244 valence electrons. The number of likely N-dealkylation sites (tertiary alicyclic amines) is 1. The second-order valence-electron chi connectivity index (χ2n) is 11.5. The fraction of sp³-hybridized carbons (Fsp3) is 0.382. The molecule has 3 aromatic carbocycles. The number of carbonyl (C=O) groups is 1. The van der Waals surface area contributed by atoms with Gasteiger partial charge in [-0.15, -0.1) is 0 Å². The first-order chi connectivity index (χ1) is 22.1. The molecule has 12 heteroatoms. The van der Waals surface area contributed by atoms with Crippen molar-refractivity contribution in [3.63, 3.8) is 0 Å². The first kappa shape index (κ1) is 34.3. The topological polar surface area (TPSA) is 72.1 Å². The van der Waals surface area contributed by atoms with Crippen LogP contribution >= 0.6 is 46.4 Å². The highest BCUT2D eigenvalue weighted by molar-refractivity contribution is 6.42. The average molecular weight is 706 g/mol. The zero-order chi connectivity index (χ0) is 33.0. The number of benzene rings is 3. The third kappa shape index (κ3) is 7.58. The number of aryl methyl sites for hydroxylation is 1. The Hall–Kier alpha value is -3.01. The van der Waals surface area contributed by atoms with Crippen molar-refractivity contribution in [2.24, 2.45) is 12.2 Å². The molecule has 5 rings (SSSR count). The van der Waals surface area contributed by atoms with Crippen LogP contribution in [0.2, 0.25) is 20.1 Å². The molecule has 1 saturated heterocycles. The van der Waals surface area contributed by atoms with Crippen molar-refractivity contribution in [2.45, 2.75) is 38.1 Å². The van der Waals surface area contributed by atoms with Crippen LogP contribution in [0, 0.1) is 0 Å². The number of carbonyl (C=O) groups excluding carboxylic acids is 1. The summed E-state index contributed by atoms with van der Waals surface area (Å²) < 4.78 is 3.68. The maximum Gasteiger partial charge on any atom is 0.329 e. The van der Waals surface area contributed by atoms with Crippen molar-refractivity contribution in [3.8, 4) is 0 Å². The van der Waals surface area contributed by atoms with Gasteiger partial charge in [0.15, 0.2) is 0 Å². The van der Waals surface area contributed by atoms with Crippen LogP contribution < -0.4 is 5.69 Å². The number of fused-ring (bicyclic) bond motifs is 1. The monoisotopic (exact) mass is 703 g/mol. The summed E-state index contributed by atoms with van der Waals surface area (Å²) in [5, 5.41) is 6.13. The molecule has 0 N–H and O–H groups in total. The zero-order valence-corrected chi connectivity index (χ0v) is 29.1. The van der Waals surface area contributed by atoms with Crippen molar-refractivity contribution in [2.75, 3.05) is 39.8 Å². The van der Waals surface area contributed by atoms with Crippen molar-refractivity contribution >= 4 is 69.1 Å². The van der Waals surface area contributed by atoms with Gasteiger partial charge in [0.2, 0.25) is 0 Å². The molecule has 1 atom stereocenters. The number of hydrogen-bond acceptors (Lipinski definition) is 5. The van der Waals surface area contributed by atoms with Gasteiger partial charge in [-0.05, 0) is 80.8 Å². The third-order valence-electron chi connectivity index (χ3n) is 8.74. The van der Waals surface area contributed by atoms with Crippen LogP contribution in [-0.2, 0) is 11.9 Å². The van der Waals surface area contributed by atoms with Crippen molar-refractivity contribution in [3.05, 3.63) is 102 Å². The maximum absolute atomic E-state index is 13.6. The number of hydrogen-bond donors (Lipinski definition) is 0. The predicted octanol–water partition coefficient (Wildman–Crippen LogP) is 7.93. The van der Waals surface area contributed by atoms with Crippen LogP contribution in [0.3, 0.4) is 0 Å².